The fourth-order valence-electron chi connectivity index (χ4n) is 0.934. The molecule has 1 rings (SSSR count). The standard InChI is InChI=1S/C10H8F2O4/c11-10(12,8(13)6-9(14)15)16-7-4-2-1-3-5-7/h1-5H,6H2,(H,14,15). The topological polar surface area (TPSA) is 63.6 Å². The largest absolute Gasteiger partial charge is 0.481 e. The predicted octanol–water partition coefficient (Wildman–Crippen LogP) is 1.70. The van der Waals surface area contributed by atoms with Gasteiger partial charge in [0, 0.05) is 0 Å². The summed E-state index contributed by atoms with van der Waals surface area (Å²) in [6.45, 7) is 0. The molecular weight excluding hydrogens is 222 g/mol. The Bertz CT molecular complexity index is 389. The van der Waals surface area contributed by atoms with E-state index in [1.165, 1.54) is 24.3 Å². The van der Waals surface area contributed by atoms with E-state index in [0.717, 1.165) is 0 Å². The number of alkyl halides is 2. The van der Waals surface area contributed by atoms with Crippen LogP contribution in [0.3, 0.4) is 0 Å². The Morgan fingerprint density at radius 2 is 1.81 bits per heavy atom. The number of carbonyl (C=O) groups excluding carboxylic acids is 1. The van der Waals surface area contributed by atoms with Gasteiger partial charge >= 0.3 is 12.1 Å². The number of rotatable bonds is 5. The number of aliphatic carboxylic acids is 1. The lowest BCUT2D eigenvalue weighted by molar-refractivity contribution is -0.191. The summed E-state index contributed by atoms with van der Waals surface area (Å²) >= 11 is 0. The molecule has 0 aliphatic heterocycles. The number of carbonyl (C=O) groups is 2. The van der Waals surface area contributed by atoms with Gasteiger partial charge in [-0.3, -0.25) is 9.59 Å². The van der Waals surface area contributed by atoms with Crippen molar-refractivity contribution < 1.29 is 28.2 Å². The molecule has 0 aliphatic rings. The van der Waals surface area contributed by atoms with Gasteiger partial charge in [-0.15, -0.1) is 0 Å². The SMILES string of the molecule is O=C(O)CC(=O)C(F)(F)Oc1ccccc1. The first-order chi connectivity index (χ1) is 7.42. The number of para-hydroxylation sites is 1. The van der Waals surface area contributed by atoms with Crippen LogP contribution >= 0.6 is 0 Å². The van der Waals surface area contributed by atoms with E-state index in [1.54, 1.807) is 6.07 Å². The van der Waals surface area contributed by atoms with Gasteiger partial charge < -0.3 is 9.84 Å². The molecule has 1 aromatic rings. The molecule has 0 heterocycles. The number of halogens is 2. The van der Waals surface area contributed by atoms with Crippen molar-refractivity contribution in [3.63, 3.8) is 0 Å². The zero-order valence-corrected chi connectivity index (χ0v) is 8.02. The van der Waals surface area contributed by atoms with Gasteiger partial charge in [0.15, 0.2) is 0 Å². The van der Waals surface area contributed by atoms with Crippen LogP contribution in [0.5, 0.6) is 5.75 Å². The van der Waals surface area contributed by atoms with Crippen molar-refractivity contribution in [3.05, 3.63) is 30.3 Å². The normalized spacial score (nSPS) is 10.9. The predicted molar refractivity (Wildman–Crippen MR) is 49.3 cm³/mol. The summed E-state index contributed by atoms with van der Waals surface area (Å²) in [5.74, 6) is -3.61. The number of carboxylic acid groups (broad SMARTS) is 1. The molecule has 0 saturated heterocycles. The third-order valence-corrected chi connectivity index (χ3v) is 1.63. The Morgan fingerprint density at radius 1 is 1.25 bits per heavy atom. The molecule has 0 radical (unpaired) electrons. The van der Waals surface area contributed by atoms with Gasteiger partial charge in [-0.1, -0.05) is 18.2 Å². The van der Waals surface area contributed by atoms with E-state index in [-0.39, 0.29) is 5.75 Å². The molecule has 1 aromatic carbocycles. The average Bonchev–Trinajstić information content (AvgIpc) is 2.17. The fraction of sp³-hybridized carbons (Fsp3) is 0.200. The second kappa shape index (κ2) is 4.69. The molecule has 86 valence electrons. The Labute approximate surface area is 89.5 Å². The van der Waals surface area contributed by atoms with E-state index < -0.39 is 24.3 Å². The minimum atomic E-state index is -4.13. The van der Waals surface area contributed by atoms with Crippen molar-refractivity contribution in [3.8, 4) is 5.75 Å². The van der Waals surface area contributed by atoms with Crippen molar-refractivity contribution in [1.29, 1.82) is 0 Å². The number of Topliss-reactive ketones (excluding diaryl/α,β-unsaturated/α-hetero) is 1. The van der Waals surface area contributed by atoms with E-state index in [2.05, 4.69) is 4.74 Å². The summed E-state index contributed by atoms with van der Waals surface area (Å²) in [5, 5.41) is 8.20. The molecule has 0 bridgehead atoms. The summed E-state index contributed by atoms with van der Waals surface area (Å²) < 4.78 is 30.2. The highest BCUT2D eigenvalue weighted by molar-refractivity contribution is 5.98. The molecule has 0 aromatic heterocycles. The monoisotopic (exact) mass is 230 g/mol. The number of benzene rings is 1. The van der Waals surface area contributed by atoms with E-state index >= 15 is 0 Å². The van der Waals surface area contributed by atoms with Gasteiger partial charge in [-0.05, 0) is 12.1 Å². The van der Waals surface area contributed by atoms with Gasteiger partial charge in [0.2, 0.25) is 0 Å². The van der Waals surface area contributed by atoms with Crippen molar-refractivity contribution in [2.24, 2.45) is 0 Å². The molecule has 0 saturated carbocycles. The lowest BCUT2D eigenvalue weighted by atomic mass is 10.2. The molecule has 4 nitrogen and oxygen atoms in total. The summed E-state index contributed by atoms with van der Waals surface area (Å²) in [6.07, 6.45) is -5.40. The number of hydrogen-bond acceptors (Lipinski definition) is 3. The maximum Gasteiger partial charge on any atom is 0.461 e. The van der Waals surface area contributed by atoms with Crippen molar-refractivity contribution in [2.75, 3.05) is 0 Å². The van der Waals surface area contributed by atoms with Gasteiger partial charge in [0.25, 0.3) is 5.78 Å². The number of carboxylic acids is 1. The minimum Gasteiger partial charge on any atom is -0.481 e. The third-order valence-electron chi connectivity index (χ3n) is 1.63. The highest BCUT2D eigenvalue weighted by atomic mass is 19.3. The van der Waals surface area contributed by atoms with Crippen LogP contribution in [-0.2, 0) is 9.59 Å². The summed E-state index contributed by atoms with van der Waals surface area (Å²) in [4.78, 5) is 20.9. The van der Waals surface area contributed by atoms with Crippen molar-refractivity contribution in [1.82, 2.24) is 0 Å². The third kappa shape index (κ3) is 3.30. The highest BCUT2D eigenvalue weighted by Crippen LogP contribution is 2.22. The second-order valence-electron chi connectivity index (χ2n) is 2.93. The molecule has 0 amide bonds. The number of ketones is 1. The highest BCUT2D eigenvalue weighted by Gasteiger charge is 2.42. The summed E-state index contributed by atoms with van der Waals surface area (Å²) in [7, 11) is 0. The van der Waals surface area contributed by atoms with Crippen LogP contribution in [0.1, 0.15) is 6.42 Å². The van der Waals surface area contributed by atoms with Gasteiger partial charge in [-0.2, -0.15) is 8.78 Å². The fourth-order valence-corrected chi connectivity index (χ4v) is 0.934. The zero-order valence-electron chi connectivity index (χ0n) is 8.02. The lowest BCUT2D eigenvalue weighted by Gasteiger charge is -2.15. The maximum atomic E-state index is 13.0. The smallest absolute Gasteiger partial charge is 0.461 e. The Morgan fingerprint density at radius 3 is 2.31 bits per heavy atom. The van der Waals surface area contributed by atoms with Crippen LogP contribution in [0.4, 0.5) is 8.78 Å². The van der Waals surface area contributed by atoms with Crippen molar-refractivity contribution >= 4 is 11.8 Å². The molecule has 0 aliphatic carbocycles. The van der Waals surface area contributed by atoms with E-state index in [0.29, 0.717) is 0 Å². The van der Waals surface area contributed by atoms with E-state index in [4.69, 9.17) is 5.11 Å². The summed E-state index contributed by atoms with van der Waals surface area (Å²) in [5.41, 5.74) is 0. The van der Waals surface area contributed by atoms with Gasteiger partial charge in [0.05, 0.1) is 0 Å². The second-order valence-corrected chi connectivity index (χ2v) is 2.93. The van der Waals surface area contributed by atoms with Crippen LogP contribution in [0.25, 0.3) is 0 Å². The molecule has 0 spiro atoms. The first kappa shape index (κ1) is 12.1. The number of hydrogen-bond donors (Lipinski definition) is 1. The average molecular weight is 230 g/mol. The van der Waals surface area contributed by atoms with Crippen molar-refractivity contribution in [2.45, 2.75) is 12.5 Å². The Balaban J connectivity index is 2.71. The van der Waals surface area contributed by atoms with E-state index in [1.807, 2.05) is 0 Å². The Hall–Kier alpha value is -1.98. The van der Waals surface area contributed by atoms with E-state index in [9.17, 15) is 18.4 Å². The molecular formula is C10H8F2O4. The van der Waals surface area contributed by atoms with Crippen LogP contribution in [0.15, 0.2) is 30.3 Å². The first-order valence-electron chi connectivity index (χ1n) is 4.29. The molecule has 0 unspecified atom stereocenters. The maximum absolute atomic E-state index is 13.0. The van der Waals surface area contributed by atoms with Gasteiger partial charge in [0.1, 0.15) is 12.2 Å². The molecule has 0 atom stereocenters. The molecule has 16 heavy (non-hydrogen) atoms. The molecule has 1 N–H and O–H groups in total. The minimum absolute atomic E-state index is 0.203. The lowest BCUT2D eigenvalue weighted by Crippen LogP contribution is -2.36. The number of ether oxygens (including phenoxy) is 1. The van der Waals surface area contributed by atoms with Crippen LogP contribution in [0.2, 0.25) is 0 Å². The van der Waals surface area contributed by atoms with Gasteiger partial charge in [-0.25, -0.2) is 0 Å². The van der Waals surface area contributed by atoms with Crippen LogP contribution in [0, 0.1) is 0 Å². The quantitative estimate of drug-likeness (QED) is 0.782. The first-order valence-corrected chi connectivity index (χ1v) is 4.29. The summed E-state index contributed by atoms with van der Waals surface area (Å²) in [6, 6.07) is 6.97. The molecule has 6 heteroatoms. The van der Waals surface area contributed by atoms with Crippen LogP contribution in [-0.4, -0.2) is 23.0 Å². The van der Waals surface area contributed by atoms with Crippen LogP contribution < -0.4 is 4.74 Å². The zero-order chi connectivity index (χ0) is 12.2. The Kier molecular flexibility index (Phi) is 3.55. The molecule has 0 fully saturated rings.